The molecule has 4 aliphatic rings. The highest BCUT2D eigenvalue weighted by Crippen LogP contribution is 2.52. The molecule has 5 heteroatoms. The van der Waals surface area contributed by atoms with Crippen LogP contribution in [0.15, 0.2) is 0 Å². The molecule has 4 rings (SSSR count). The maximum absolute atomic E-state index is 12.9. The molecule has 0 amide bonds. The van der Waals surface area contributed by atoms with Gasteiger partial charge in [0.25, 0.3) is 0 Å². The molecular weight excluding hydrogens is 294 g/mol. The molecule has 1 saturated heterocycles. The first-order valence-electron chi connectivity index (χ1n) is 8.77. The van der Waals surface area contributed by atoms with Crippen LogP contribution in [0, 0.1) is 23.2 Å². The number of esters is 2. The predicted octanol–water partition coefficient (Wildman–Crippen LogP) is 2.28. The third kappa shape index (κ3) is 2.57. The lowest BCUT2D eigenvalue weighted by Crippen LogP contribution is -2.60. The van der Waals surface area contributed by atoms with Crippen molar-refractivity contribution in [2.45, 2.75) is 71.1 Å². The largest absolute Gasteiger partial charge is 0.462 e. The third-order valence-corrected chi connectivity index (χ3v) is 6.66. The van der Waals surface area contributed by atoms with Gasteiger partial charge in [0.05, 0.1) is 6.42 Å². The maximum atomic E-state index is 12.9. The minimum absolute atomic E-state index is 0.0644. The summed E-state index contributed by atoms with van der Waals surface area (Å²) >= 11 is 0. The number of hydrogen-bond acceptors (Lipinski definition) is 5. The van der Waals surface area contributed by atoms with Crippen molar-refractivity contribution in [3.05, 3.63) is 0 Å². The molecule has 2 bridgehead atoms. The first-order chi connectivity index (χ1) is 10.7. The summed E-state index contributed by atoms with van der Waals surface area (Å²) in [6.07, 6.45) is 3.42. The molecule has 0 aromatic carbocycles. The van der Waals surface area contributed by atoms with Crippen molar-refractivity contribution >= 4 is 11.9 Å². The zero-order valence-corrected chi connectivity index (χ0v) is 14.8. The Morgan fingerprint density at radius 3 is 2.52 bits per heavy atom. The Morgan fingerprint density at radius 2 is 1.91 bits per heavy atom. The molecule has 3 saturated carbocycles. The van der Waals surface area contributed by atoms with Crippen LogP contribution in [0.5, 0.6) is 0 Å². The van der Waals surface area contributed by atoms with Crippen LogP contribution in [0.2, 0.25) is 0 Å². The Labute approximate surface area is 138 Å². The first kappa shape index (κ1) is 16.7. The Bertz CT molecular complexity index is 512. The normalized spacial score (nSPS) is 38.7. The van der Waals surface area contributed by atoms with E-state index < -0.39 is 5.54 Å². The van der Waals surface area contributed by atoms with Crippen molar-refractivity contribution in [3.8, 4) is 0 Å². The molecule has 130 valence electrons. The number of hydrogen-bond donors (Lipinski definition) is 1. The predicted molar refractivity (Wildman–Crippen MR) is 85.6 cm³/mol. The lowest BCUT2D eigenvalue weighted by molar-refractivity contribution is -0.180. The zero-order valence-electron chi connectivity index (χ0n) is 14.8. The van der Waals surface area contributed by atoms with Crippen LogP contribution in [0.25, 0.3) is 0 Å². The van der Waals surface area contributed by atoms with Crippen LogP contribution in [0.1, 0.15) is 53.4 Å². The number of rotatable bonds is 3. The van der Waals surface area contributed by atoms with E-state index in [0.29, 0.717) is 12.3 Å². The van der Waals surface area contributed by atoms with E-state index in [9.17, 15) is 9.59 Å². The summed E-state index contributed by atoms with van der Waals surface area (Å²) in [6, 6.07) is 0. The molecule has 6 atom stereocenters. The summed E-state index contributed by atoms with van der Waals surface area (Å²) in [5.74, 6) is 0.583. The van der Waals surface area contributed by atoms with Gasteiger partial charge in [-0.05, 0) is 44.6 Å². The van der Waals surface area contributed by atoms with Crippen LogP contribution in [-0.4, -0.2) is 36.7 Å². The highest BCUT2D eigenvalue weighted by atomic mass is 16.6. The molecular formula is C18H29NO4. The molecule has 3 aliphatic carbocycles. The van der Waals surface area contributed by atoms with E-state index >= 15 is 0 Å². The van der Waals surface area contributed by atoms with E-state index in [1.54, 1.807) is 7.05 Å². The summed E-state index contributed by atoms with van der Waals surface area (Å²) in [4.78, 5) is 24.5. The second-order valence-corrected chi connectivity index (χ2v) is 8.63. The molecule has 5 nitrogen and oxygen atoms in total. The van der Waals surface area contributed by atoms with Crippen molar-refractivity contribution in [2.24, 2.45) is 23.2 Å². The summed E-state index contributed by atoms with van der Waals surface area (Å²) < 4.78 is 11.5. The van der Waals surface area contributed by atoms with Crippen molar-refractivity contribution in [3.63, 3.8) is 0 Å². The quantitative estimate of drug-likeness (QED) is 0.807. The molecule has 6 unspecified atom stereocenters. The number of nitrogens with one attached hydrogen (secondary N) is 1. The molecule has 23 heavy (non-hydrogen) atoms. The van der Waals surface area contributed by atoms with Gasteiger partial charge >= 0.3 is 11.9 Å². The fourth-order valence-electron chi connectivity index (χ4n) is 4.58. The van der Waals surface area contributed by atoms with Gasteiger partial charge in [0.1, 0.15) is 17.7 Å². The van der Waals surface area contributed by atoms with Gasteiger partial charge in [0.2, 0.25) is 0 Å². The summed E-state index contributed by atoms with van der Waals surface area (Å²) in [7, 11) is 1.80. The highest BCUT2D eigenvalue weighted by Gasteiger charge is 2.56. The van der Waals surface area contributed by atoms with Gasteiger partial charge < -0.3 is 14.8 Å². The fraction of sp³-hybridized carbons (Fsp3) is 0.889. The number of carbonyl (C=O) groups excluding carboxylic acids is 2. The average molecular weight is 323 g/mol. The lowest BCUT2D eigenvalue weighted by Gasteiger charge is -2.49. The Hall–Kier alpha value is -1.10. The smallest absolute Gasteiger partial charge is 0.326 e. The summed E-state index contributed by atoms with van der Waals surface area (Å²) in [6.45, 7) is 8.02. The summed E-state index contributed by atoms with van der Waals surface area (Å²) in [5, 5.41) is 3.15. The molecule has 1 heterocycles. The number of carbonyl (C=O) groups is 2. The SMILES string of the molecule is CNC(C)(C(=O)OC1CC2CCC1C1CC(=O)OC21)C(C)(C)C. The highest BCUT2D eigenvalue weighted by molar-refractivity contribution is 5.81. The molecule has 0 aromatic rings. The first-order valence-corrected chi connectivity index (χ1v) is 8.77. The van der Waals surface area contributed by atoms with Gasteiger partial charge in [-0.3, -0.25) is 9.59 Å². The lowest BCUT2D eigenvalue weighted by atomic mass is 9.61. The van der Waals surface area contributed by atoms with Gasteiger partial charge in [-0.1, -0.05) is 20.8 Å². The van der Waals surface area contributed by atoms with Gasteiger partial charge in [-0.15, -0.1) is 0 Å². The van der Waals surface area contributed by atoms with E-state index in [0.717, 1.165) is 19.3 Å². The van der Waals surface area contributed by atoms with Gasteiger partial charge in [-0.2, -0.15) is 0 Å². The van der Waals surface area contributed by atoms with Crippen LogP contribution in [0.3, 0.4) is 0 Å². The Balaban J connectivity index is 1.74. The Kier molecular flexibility index (Phi) is 3.98. The number of likely N-dealkylation sites (N-methyl/N-ethyl adjacent to an activating group) is 1. The molecule has 0 aromatic heterocycles. The topological polar surface area (TPSA) is 64.6 Å². The van der Waals surface area contributed by atoms with Gasteiger partial charge in [-0.25, -0.2) is 0 Å². The van der Waals surface area contributed by atoms with E-state index in [2.05, 4.69) is 5.32 Å². The fourth-order valence-corrected chi connectivity index (χ4v) is 4.58. The van der Waals surface area contributed by atoms with Crippen LogP contribution in [0.4, 0.5) is 0 Å². The van der Waals surface area contributed by atoms with Crippen LogP contribution < -0.4 is 5.32 Å². The maximum Gasteiger partial charge on any atom is 0.326 e. The number of ether oxygens (including phenoxy) is 2. The minimum atomic E-state index is -0.731. The summed E-state index contributed by atoms with van der Waals surface area (Å²) in [5.41, 5.74) is -0.980. The van der Waals surface area contributed by atoms with E-state index in [-0.39, 0.29) is 41.4 Å². The molecule has 0 radical (unpaired) electrons. The molecule has 4 fully saturated rings. The van der Waals surface area contributed by atoms with Crippen LogP contribution in [-0.2, 0) is 19.1 Å². The van der Waals surface area contributed by atoms with Crippen molar-refractivity contribution < 1.29 is 19.1 Å². The third-order valence-electron chi connectivity index (χ3n) is 6.66. The second-order valence-electron chi connectivity index (χ2n) is 8.63. The zero-order chi connectivity index (χ0) is 17.0. The number of fused-ring (bicyclic) bond motifs is 2. The Morgan fingerprint density at radius 1 is 1.22 bits per heavy atom. The van der Waals surface area contributed by atoms with Crippen molar-refractivity contribution in [2.75, 3.05) is 7.05 Å². The molecule has 1 N–H and O–H groups in total. The second kappa shape index (κ2) is 5.47. The molecule has 1 aliphatic heterocycles. The van der Waals surface area contributed by atoms with Gasteiger partial charge in [0.15, 0.2) is 0 Å². The minimum Gasteiger partial charge on any atom is -0.462 e. The monoisotopic (exact) mass is 323 g/mol. The van der Waals surface area contributed by atoms with Crippen molar-refractivity contribution in [1.29, 1.82) is 0 Å². The van der Waals surface area contributed by atoms with Crippen molar-refractivity contribution in [1.82, 2.24) is 5.32 Å². The van der Waals surface area contributed by atoms with E-state index in [1.165, 1.54) is 0 Å². The van der Waals surface area contributed by atoms with E-state index in [1.807, 2.05) is 27.7 Å². The molecule has 0 spiro atoms. The van der Waals surface area contributed by atoms with E-state index in [4.69, 9.17) is 9.47 Å². The van der Waals surface area contributed by atoms with Crippen LogP contribution >= 0.6 is 0 Å². The standard InChI is InChI=1S/C18H29NO4/c1-17(2,3)18(4,19-5)16(21)22-13-8-10-6-7-11(13)12-9-14(20)23-15(10)12/h10-13,15,19H,6-9H2,1-5H3. The average Bonchev–Trinajstić information content (AvgIpc) is 2.88. The van der Waals surface area contributed by atoms with Gasteiger partial charge in [0, 0.05) is 11.8 Å².